The molecule has 4 unspecified atom stereocenters. The molecule has 17 heavy (non-hydrogen) atoms. The summed E-state index contributed by atoms with van der Waals surface area (Å²) in [5.74, 6) is 1.28. The van der Waals surface area contributed by atoms with Gasteiger partial charge in [-0.2, -0.15) is 0 Å². The van der Waals surface area contributed by atoms with E-state index in [0.29, 0.717) is 16.7 Å². The van der Waals surface area contributed by atoms with Crippen LogP contribution in [0.25, 0.3) is 0 Å². The fourth-order valence-electron chi connectivity index (χ4n) is 5.53. The summed E-state index contributed by atoms with van der Waals surface area (Å²) in [4.78, 5) is 0. The van der Waals surface area contributed by atoms with Crippen LogP contribution < -0.4 is 0 Å². The first-order valence-corrected chi connectivity index (χ1v) is 7.46. The summed E-state index contributed by atoms with van der Waals surface area (Å²) in [5.41, 5.74) is 0.391. The fraction of sp³-hybridized carbons (Fsp3) is 1.00. The molecule has 0 bridgehead atoms. The van der Waals surface area contributed by atoms with Crippen molar-refractivity contribution >= 4 is 0 Å². The van der Waals surface area contributed by atoms with E-state index in [1.165, 1.54) is 25.7 Å². The molecule has 2 fully saturated rings. The van der Waals surface area contributed by atoms with Gasteiger partial charge in [-0.3, -0.25) is 0 Å². The lowest BCUT2D eigenvalue weighted by molar-refractivity contribution is -0.167. The van der Waals surface area contributed by atoms with Crippen LogP contribution in [0.3, 0.4) is 0 Å². The van der Waals surface area contributed by atoms with E-state index in [2.05, 4.69) is 34.6 Å². The van der Waals surface area contributed by atoms with E-state index in [9.17, 15) is 5.11 Å². The highest BCUT2D eigenvalue weighted by atomic mass is 16.3. The lowest BCUT2D eigenvalue weighted by atomic mass is 9.45. The van der Waals surface area contributed by atoms with Crippen molar-refractivity contribution in [1.29, 1.82) is 0 Å². The fourth-order valence-corrected chi connectivity index (χ4v) is 5.53. The van der Waals surface area contributed by atoms with Crippen molar-refractivity contribution in [1.82, 2.24) is 0 Å². The zero-order chi connectivity index (χ0) is 12.9. The Hall–Kier alpha value is -0.0400. The molecule has 0 spiro atoms. The van der Waals surface area contributed by atoms with E-state index < -0.39 is 5.60 Å². The van der Waals surface area contributed by atoms with Crippen LogP contribution in [-0.4, -0.2) is 10.7 Å². The topological polar surface area (TPSA) is 20.2 Å². The zero-order valence-electron chi connectivity index (χ0n) is 12.3. The van der Waals surface area contributed by atoms with Crippen molar-refractivity contribution in [3.63, 3.8) is 0 Å². The Morgan fingerprint density at radius 2 is 1.71 bits per heavy atom. The Morgan fingerprint density at radius 3 is 2.29 bits per heavy atom. The summed E-state index contributed by atoms with van der Waals surface area (Å²) in [5, 5.41) is 10.7. The van der Waals surface area contributed by atoms with Crippen LogP contribution in [0.15, 0.2) is 0 Å². The van der Waals surface area contributed by atoms with Gasteiger partial charge in [0.25, 0.3) is 0 Å². The Bertz CT molecular complexity index is 280. The van der Waals surface area contributed by atoms with Crippen LogP contribution in [0.4, 0.5) is 0 Å². The van der Waals surface area contributed by atoms with Crippen molar-refractivity contribution in [3.8, 4) is 0 Å². The smallest absolute Gasteiger partial charge is 0.0653 e. The molecular weight excluding hydrogens is 208 g/mol. The quantitative estimate of drug-likeness (QED) is 0.718. The molecule has 2 aliphatic carbocycles. The minimum atomic E-state index is -0.437. The Balaban J connectivity index is 2.37. The SMILES string of the molecule is CCC1C(C)(O)CCC2C(C)(C)CCCC21C. The Kier molecular flexibility index (Phi) is 3.14. The molecule has 0 amide bonds. The number of hydrogen-bond acceptors (Lipinski definition) is 1. The van der Waals surface area contributed by atoms with Gasteiger partial charge < -0.3 is 5.11 Å². The summed E-state index contributed by atoms with van der Waals surface area (Å²) in [6, 6.07) is 0. The second-order valence-electron chi connectivity index (χ2n) is 7.76. The van der Waals surface area contributed by atoms with Crippen LogP contribution in [-0.2, 0) is 0 Å². The maximum atomic E-state index is 10.7. The summed E-state index contributed by atoms with van der Waals surface area (Å²) >= 11 is 0. The van der Waals surface area contributed by atoms with Gasteiger partial charge in [0.2, 0.25) is 0 Å². The average molecular weight is 238 g/mol. The predicted octanol–water partition coefficient (Wildman–Crippen LogP) is 4.39. The first-order valence-electron chi connectivity index (χ1n) is 7.46. The standard InChI is InChI=1S/C16H30O/c1-6-12-15(4)10-7-9-14(2,3)13(15)8-11-16(12,5)17/h12-13,17H,6-11H2,1-5H3. The highest BCUT2D eigenvalue weighted by Gasteiger charge is 2.57. The van der Waals surface area contributed by atoms with Gasteiger partial charge in [-0.15, -0.1) is 0 Å². The molecule has 0 aromatic rings. The lowest BCUT2D eigenvalue weighted by Crippen LogP contribution is -2.57. The minimum Gasteiger partial charge on any atom is -0.390 e. The van der Waals surface area contributed by atoms with E-state index in [4.69, 9.17) is 0 Å². The van der Waals surface area contributed by atoms with Gasteiger partial charge in [0.1, 0.15) is 0 Å². The molecule has 0 radical (unpaired) electrons. The molecule has 1 N–H and O–H groups in total. The van der Waals surface area contributed by atoms with Crippen molar-refractivity contribution in [2.75, 3.05) is 0 Å². The first-order chi connectivity index (χ1) is 7.74. The molecule has 2 saturated carbocycles. The summed E-state index contributed by atoms with van der Waals surface area (Å²) in [7, 11) is 0. The highest BCUT2D eigenvalue weighted by Crippen LogP contribution is 2.62. The largest absolute Gasteiger partial charge is 0.390 e. The monoisotopic (exact) mass is 238 g/mol. The van der Waals surface area contributed by atoms with E-state index >= 15 is 0 Å². The van der Waals surface area contributed by atoms with Crippen molar-refractivity contribution < 1.29 is 5.11 Å². The number of fused-ring (bicyclic) bond motifs is 1. The van der Waals surface area contributed by atoms with Gasteiger partial charge in [0, 0.05) is 0 Å². The Labute approximate surface area is 107 Å². The van der Waals surface area contributed by atoms with Gasteiger partial charge in [-0.1, -0.05) is 40.5 Å². The third kappa shape index (κ3) is 1.95. The van der Waals surface area contributed by atoms with Gasteiger partial charge >= 0.3 is 0 Å². The molecule has 0 aliphatic heterocycles. The van der Waals surface area contributed by atoms with E-state index in [0.717, 1.165) is 18.8 Å². The average Bonchev–Trinajstić information content (AvgIpc) is 2.14. The van der Waals surface area contributed by atoms with Crippen molar-refractivity contribution in [3.05, 3.63) is 0 Å². The summed E-state index contributed by atoms with van der Waals surface area (Å²) < 4.78 is 0. The van der Waals surface area contributed by atoms with E-state index in [1.54, 1.807) is 0 Å². The summed E-state index contributed by atoms with van der Waals surface area (Å²) in [6.07, 6.45) is 7.35. The second kappa shape index (κ2) is 3.98. The zero-order valence-corrected chi connectivity index (χ0v) is 12.3. The molecule has 100 valence electrons. The van der Waals surface area contributed by atoms with Crippen LogP contribution in [0, 0.1) is 22.7 Å². The molecular formula is C16H30O. The maximum Gasteiger partial charge on any atom is 0.0653 e. The molecule has 0 saturated heterocycles. The van der Waals surface area contributed by atoms with Crippen LogP contribution in [0.5, 0.6) is 0 Å². The van der Waals surface area contributed by atoms with Gasteiger partial charge in [-0.05, 0) is 55.3 Å². The van der Waals surface area contributed by atoms with Gasteiger partial charge in [0.05, 0.1) is 5.60 Å². The molecule has 4 atom stereocenters. The van der Waals surface area contributed by atoms with Crippen LogP contribution in [0.1, 0.15) is 73.1 Å². The van der Waals surface area contributed by atoms with Crippen molar-refractivity contribution in [2.45, 2.75) is 78.7 Å². The third-order valence-electron chi connectivity index (χ3n) is 6.17. The molecule has 0 aromatic heterocycles. The lowest BCUT2D eigenvalue weighted by Gasteiger charge is -2.61. The number of hydrogen-bond donors (Lipinski definition) is 1. The van der Waals surface area contributed by atoms with Gasteiger partial charge in [0.15, 0.2) is 0 Å². The molecule has 0 aromatic carbocycles. The second-order valence-corrected chi connectivity index (χ2v) is 7.76. The molecule has 2 aliphatic rings. The number of aliphatic hydroxyl groups is 1. The predicted molar refractivity (Wildman–Crippen MR) is 72.9 cm³/mol. The maximum absolute atomic E-state index is 10.7. The summed E-state index contributed by atoms with van der Waals surface area (Å²) in [6.45, 7) is 11.7. The van der Waals surface area contributed by atoms with E-state index in [1.807, 2.05) is 0 Å². The molecule has 1 heteroatoms. The molecule has 2 rings (SSSR count). The highest BCUT2D eigenvalue weighted by molar-refractivity contribution is 5.06. The molecule has 0 heterocycles. The van der Waals surface area contributed by atoms with Crippen molar-refractivity contribution in [2.24, 2.45) is 22.7 Å². The molecule has 1 nitrogen and oxygen atoms in total. The normalized spacial score (nSPS) is 49.8. The third-order valence-corrected chi connectivity index (χ3v) is 6.17. The van der Waals surface area contributed by atoms with Gasteiger partial charge in [-0.25, -0.2) is 0 Å². The van der Waals surface area contributed by atoms with Crippen LogP contribution in [0.2, 0.25) is 0 Å². The van der Waals surface area contributed by atoms with Crippen LogP contribution >= 0.6 is 0 Å². The minimum absolute atomic E-state index is 0.359. The number of rotatable bonds is 1. The van der Waals surface area contributed by atoms with E-state index in [-0.39, 0.29) is 0 Å². The first kappa shape index (κ1) is 13.4. The Morgan fingerprint density at radius 1 is 1.06 bits per heavy atom.